The molecule has 2 aromatic carbocycles. The minimum Gasteiger partial charge on any atom is -0.336 e. The number of hydrogen-bond donors (Lipinski definition) is 1. The Morgan fingerprint density at radius 3 is 2.52 bits per heavy atom. The molecule has 0 spiro atoms. The number of halogens is 2. The van der Waals surface area contributed by atoms with Crippen molar-refractivity contribution in [3.05, 3.63) is 71.0 Å². The minimum atomic E-state index is -0.383. The van der Waals surface area contributed by atoms with Gasteiger partial charge in [-0.1, -0.05) is 30.3 Å². The molecule has 1 aliphatic heterocycles. The van der Waals surface area contributed by atoms with Crippen LogP contribution < -0.4 is 5.73 Å². The first-order valence-electron chi connectivity index (χ1n) is 7.41. The third-order valence-electron chi connectivity index (χ3n) is 4.17. The molecule has 0 saturated carbocycles. The Bertz CT molecular complexity index is 672. The average Bonchev–Trinajstić information content (AvgIpc) is 2.88. The summed E-state index contributed by atoms with van der Waals surface area (Å²) in [6, 6.07) is 14.3. The van der Waals surface area contributed by atoms with Crippen LogP contribution in [0.25, 0.3) is 0 Å². The van der Waals surface area contributed by atoms with Crippen LogP contribution in [0.4, 0.5) is 4.39 Å². The maximum atomic E-state index is 13.5. The lowest BCUT2D eigenvalue weighted by Gasteiger charge is -2.17. The van der Waals surface area contributed by atoms with Crippen molar-refractivity contribution in [3.8, 4) is 0 Å². The Kier molecular flexibility index (Phi) is 5.39. The summed E-state index contributed by atoms with van der Waals surface area (Å²) in [6.07, 6.45) is 0. The highest BCUT2D eigenvalue weighted by molar-refractivity contribution is 5.94. The fraction of sp³-hybridized carbons (Fsp3) is 0.278. The lowest BCUT2D eigenvalue weighted by Crippen LogP contribution is -2.32. The molecule has 1 saturated heterocycles. The predicted molar refractivity (Wildman–Crippen MR) is 91.4 cm³/mol. The van der Waals surface area contributed by atoms with E-state index in [1.807, 2.05) is 30.3 Å². The highest BCUT2D eigenvalue weighted by Crippen LogP contribution is 2.27. The van der Waals surface area contributed by atoms with Crippen molar-refractivity contribution in [2.45, 2.75) is 18.9 Å². The van der Waals surface area contributed by atoms with E-state index in [2.05, 4.69) is 0 Å². The summed E-state index contributed by atoms with van der Waals surface area (Å²) in [4.78, 5) is 14.3. The van der Waals surface area contributed by atoms with Crippen LogP contribution in [-0.4, -0.2) is 29.9 Å². The molecule has 1 fully saturated rings. The van der Waals surface area contributed by atoms with Crippen molar-refractivity contribution >= 4 is 18.3 Å². The first kappa shape index (κ1) is 17.4. The highest BCUT2D eigenvalue weighted by Gasteiger charge is 2.34. The number of nitrogens with two attached hydrogens (primary N) is 1. The topological polar surface area (TPSA) is 46.3 Å². The molecule has 0 unspecified atom stereocenters. The van der Waals surface area contributed by atoms with Crippen LogP contribution in [0, 0.1) is 12.7 Å². The summed E-state index contributed by atoms with van der Waals surface area (Å²) in [6.45, 7) is 2.84. The smallest absolute Gasteiger partial charge is 0.254 e. The molecular formula is C18H20ClFN2O. The number of carbonyl (C=O) groups excluding carboxylic acids is 1. The summed E-state index contributed by atoms with van der Waals surface area (Å²) >= 11 is 0. The number of carbonyl (C=O) groups is 1. The summed E-state index contributed by atoms with van der Waals surface area (Å²) in [5.74, 6) is -0.414. The van der Waals surface area contributed by atoms with Gasteiger partial charge in [0.2, 0.25) is 0 Å². The largest absolute Gasteiger partial charge is 0.336 e. The third kappa shape index (κ3) is 3.71. The lowest BCUT2D eigenvalue weighted by molar-refractivity contribution is 0.0788. The van der Waals surface area contributed by atoms with Crippen LogP contribution in [0.1, 0.15) is 27.4 Å². The summed E-state index contributed by atoms with van der Waals surface area (Å²) in [5, 5.41) is 0. The van der Waals surface area contributed by atoms with E-state index in [1.165, 1.54) is 12.1 Å². The maximum absolute atomic E-state index is 13.5. The quantitative estimate of drug-likeness (QED) is 0.917. The van der Waals surface area contributed by atoms with Crippen molar-refractivity contribution in [3.63, 3.8) is 0 Å². The molecule has 1 heterocycles. The van der Waals surface area contributed by atoms with Crippen LogP contribution in [0.5, 0.6) is 0 Å². The second kappa shape index (κ2) is 7.11. The number of likely N-dealkylation sites (tertiary alicyclic amines) is 1. The summed E-state index contributed by atoms with van der Waals surface area (Å²) in [5.41, 5.74) is 8.48. The van der Waals surface area contributed by atoms with E-state index in [9.17, 15) is 9.18 Å². The molecule has 1 amide bonds. The molecule has 2 atom stereocenters. The van der Waals surface area contributed by atoms with Gasteiger partial charge in [-0.15, -0.1) is 12.4 Å². The van der Waals surface area contributed by atoms with Crippen molar-refractivity contribution < 1.29 is 9.18 Å². The fourth-order valence-electron chi connectivity index (χ4n) is 3.09. The zero-order chi connectivity index (χ0) is 15.7. The number of benzene rings is 2. The zero-order valence-corrected chi connectivity index (χ0v) is 13.7. The average molecular weight is 335 g/mol. The lowest BCUT2D eigenvalue weighted by atomic mass is 9.95. The Hall–Kier alpha value is -1.91. The summed E-state index contributed by atoms with van der Waals surface area (Å²) < 4.78 is 13.5. The molecule has 0 aliphatic carbocycles. The molecule has 122 valence electrons. The molecule has 3 nitrogen and oxygen atoms in total. The molecule has 0 bridgehead atoms. The Morgan fingerprint density at radius 2 is 1.87 bits per heavy atom. The molecule has 23 heavy (non-hydrogen) atoms. The van der Waals surface area contributed by atoms with Crippen LogP contribution >= 0.6 is 12.4 Å². The molecule has 0 aromatic heterocycles. The van der Waals surface area contributed by atoms with Gasteiger partial charge in [0, 0.05) is 30.6 Å². The third-order valence-corrected chi connectivity index (χ3v) is 4.17. The Morgan fingerprint density at radius 1 is 1.17 bits per heavy atom. The molecule has 2 N–H and O–H groups in total. The van der Waals surface area contributed by atoms with Gasteiger partial charge >= 0.3 is 0 Å². The zero-order valence-electron chi connectivity index (χ0n) is 12.9. The normalized spacial score (nSPS) is 20.2. The van der Waals surface area contributed by atoms with Crippen molar-refractivity contribution in [2.24, 2.45) is 5.73 Å². The molecule has 5 heteroatoms. The van der Waals surface area contributed by atoms with E-state index in [1.54, 1.807) is 17.9 Å². The molecule has 0 radical (unpaired) electrons. The molecule has 3 rings (SSSR count). The first-order chi connectivity index (χ1) is 10.5. The van der Waals surface area contributed by atoms with E-state index in [0.717, 1.165) is 11.1 Å². The second-order valence-electron chi connectivity index (χ2n) is 5.91. The van der Waals surface area contributed by atoms with E-state index in [0.29, 0.717) is 18.7 Å². The van der Waals surface area contributed by atoms with Gasteiger partial charge < -0.3 is 10.6 Å². The van der Waals surface area contributed by atoms with E-state index in [4.69, 9.17) is 5.73 Å². The number of aryl methyl sites for hydroxylation is 1. The van der Waals surface area contributed by atoms with E-state index < -0.39 is 0 Å². The number of rotatable bonds is 2. The minimum absolute atomic E-state index is 0. The van der Waals surface area contributed by atoms with Crippen LogP contribution in [0.15, 0.2) is 48.5 Å². The van der Waals surface area contributed by atoms with Crippen LogP contribution in [0.3, 0.4) is 0 Å². The van der Waals surface area contributed by atoms with Crippen LogP contribution in [0.2, 0.25) is 0 Å². The van der Waals surface area contributed by atoms with Gasteiger partial charge in [-0.2, -0.15) is 0 Å². The number of hydrogen-bond acceptors (Lipinski definition) is 2. The summed E-state index contributed by atoms with van der Waals surface area (Å²) in [7, 11) is 0. The van der Waals surface area contributed by atoms with Gasteiger partial charge in [-0.05, 0) is 36.2 Å². The van der Waals surface area contributed by atoms with Gasteiger partial charge in [0.15, 0.2) is 0 Å². The maximum Gasteiger partial charge on any atom is 0.254 e. The van der Waals surface area contributed by atoms with Gasteiger partial charge in [-0.3, -0.25) is 4.79 Å². The first-order valence-corrected chi connectivity index (χ1v) is 7.41. The SMILES string of the molecule is Cc1cc(F)cc(C(=O)N2C[C@@H](N)[C@H](c3ccccc3)C2)c1.Cl. The van der Waals surface area contributed by atoms with Gasteiger partial charge in [0.25, 0.3) is 5.91 Å². The monoisotopic (exact) mass is 334 g/mol. The molecule has 1 aliphatic rings. The predicted octanol–water partition coefficient (Wildman–Crippen LogP) is 3.12. The van der Waals surface area contributed by atoms with E-state index in [-0.39, 0.29) is 36.1 Å². The van der Waals surface area contributed by atoms with Crippen molar-refractivity contribution in [1.82, 2.24) is 4.90 Å². The number of nitrogens with zero attached hydrogens (tertiary/aromatic N) is 1. The Labute approximate surface area is 141 Å². The highest BCUT2D eigenvalue weighted by atomic mass is 35.5. The van der Waals surface area contributed by atoms with Crippen molar-refractivity contribution in [1.29, 1.82) is 0 Å². The van der Waals surface area contributed by atoms with Gasteiger partial charge in [-0.25, -0.2) is 4.39 Å². The number of amides is 1. The molecule has 2 aromatic rings. The molecular weight excluding hydrogens is 315 g/mol. The van der Waals surface area contributed by atoms with Crippen LogP contribution in [-0.2, 0) is 0 Å². The fourth-order valence-corrected chi connectivity index (χ4v) is 3.09. The van der Waals surface area contributed by atoms with Gasteiger partial charge in [0.1, 0.15) is 5.82 Å². The van der Waals surface area contributed by atoms with E-state index >= 15 is 0 Å². The standard InChI is InChI=1S/C18H19FN2O.ClH/c1-12-7-14(9-15(19)8-12)18(22)21-10-16(17(20)11-21)13-5-3-2-4-6-13;/h2-9,16-17H,10-11,20H2,1H3;1H/t16-,17+;/m0./s1. The van der Waals surface area contributed by atoms with Gasteiger partial charge in [0.05, 0.1) is 0 Å². The Balaban J connectivity index is 0.00000192. The second-order valence-corrected chi connectivity index (χ2v) is 5.91. The van der Waals surface area contributed by atoms with Crippen molar-refractivity contribution in [2.75, 3.05) is 13.1 Å².